The van der Waals surface area contributed by atoms with Crippen LogP contribution in [0.25, 0.3) is 0 Å². The van der Waals surface area contributed by atoms with Crippen molar-refractivity contribution in [3.05, 3.63) is 70.5 Å². The van der Waals surface area contributed by atoms with E-state index in [1.807, 2.05) is 4.90 Å². The molecule has 2 amide bonds. The Hall–Kier alpha value is -2.77. The highest BCUT2D eigenvalue weighted by molar-refractivity contribution is 5.94. The van der Waals surface area contributed by atoms with Gasteiger partial charge < -0.3 is 9.80 Å². The minimum Gasteiger partial charge on any atom is -0.339 e. The first kappa shape index (κ1) is 23.4. The number of rotatable bonds is 5. The average molecular weight is 453 g/mol. The Morgan fingerprint density at radius 3 is 2.15 bits per heavy atom. The molecular weight excluding hydrogens is 419 g/mol. The highest BCUT2D eigenvalue weighted by Crippen LogP contribution is 2.14. The third-order valence-electron chi connectivity index (χ3n) is 6.65. The summed E-state index contributed by atoms with van der Waals surface area (Å²) in [7, 11) is 0. The lowest BCUT2D eigenvalue weighted by molar-refractivity contribution is -0.134. The third-order valence-corrected chi connectivity index (χ3v) is 6.65. The maximum atomic E-state index is 13.8. The number of hydrogen-bond donors (Lipinski definition) is 0. The Bertz CT molecular complexity index is 996. The van der Waals surface area contributed by atoms with Crippen molar-refractivity contribution >= 4 is 11.8 Å². The lowest BCUT2D eigenvalue weighted by atomic mass is 10.1. The molecule has 0 bridgehead atoms. The second-order valence-corrected chi connectivity index (χ2v) is 9.18. The molecule has 33 heavy (non-hydrogen) atoms. The number of nitrogens with zero attached hydrogens (tertiary/aromatic N) is 4. The standard InChI is InChI=1S/C26H33FN4O2/c1-20-4-3-5-22(16-20)18-28-8-12-30(13-9-28)25(32)19-29-10-14-31(15-11-29)26(33)23-7-6-21(2)24(27)17-23/h3-7,16-17H,8-15,18-19H2,1-2H3. The Morgan fingerprint density at radius 2 is 1.48 bits per heavy atom. The number of carbonyl (C=O) groups is 2. The van der Waals surface area contributed by atoms with E-state index < -0.39 is 0 Å². The van der Waals surface area contributed by atoms with Gasteiger partial charge in [0.2, 0.25) is 5.91 Å². The van der Waals surface area contributed by atoms with Gasteiger partial charge in [0.25, 0.3) is 5.91 Å². The van der Waals surface area contributed by atoms with Gasteiger partial charge in [-0.2, -0.15) is 0 Å². The zero-order chi connectivity index (χ0) is 23.4. The summed E-state index contributed by atoms with van der Waals surface area (Å²) in [5.41, 5.74) is 3.50. The number of aryl methyl sites for hydroxylation is 2. The summed E-state index contributed by atoms with van der Waals surface area (Å²) in [5.74, 6) is -0.348. The molecule has 4 rings (SSSR count). The van der Waals surface area contributed by atoms with Crippen LogP contribution in [0.4, 0.5) is 4.39 Å². The summed E-state index contributed by atoms with van der Waals surface area (Å²) in [5, 5.41) is 0. The maximum Gasteiger partial charge on any atom is 0.254 e. The number of carbonyl (C=O) groups excluding carboxylic acids is 2. The summed E-state index contributed by atoms with van der Waals surface area (Å²) >= 11 is 0. The van der Waals surface area contributed by atoms with Crippen LogP contribution in [0.5, 0.6) is 0 Å². The minimum absolute atomic E-state index is 0.149. The molecule has 0 aliphatic carbocycles. The molecule has 7 heteroatoms. The van der Waals surface area contributed by atoms with Crippen LogP contribution >= 0.6 is 0 Å². The number of piperazine rings is 2. The van der Waals surface area contributed by atoms with Crippen LogP contribution in [0.15, 0.2) is 42.5 Å². The van der Waals surface area contributed by atoms with Gasteiger partial charge in [0.1, 0.15) is 5.82 Å². The van der Waals surface area contributed by atoms with E-state index in [4.69, 9.17) is 0 Å². The van der Waals surface area contributed by atoms with Crippen LogP contribution in [0, 0.1) is 19.7 Å². The summed E-state index contributed by atoms with van der Waals surface area (Å²) in [6.07, 6.45) is 0. The first-order chi connectivity index (χ1) is 15.9. The van der Waals surface area contributed by atoms with Gasteiger partial charge in [-0.05, 0) is 37.1 Å². The van der Waals surface area contributed by atoms with Crippen LogP contribution in [0.1, 0.15) is 27.0 Å². The predicted octanol–water partition coefficient (Wildman–Crippen LogP) is 2.54. The molecule has 6 nitrogen and oxygen atoms in total. The van der Waals surface area contributed by atoms with Crippen molar-refractivity contribution in [2.45, 2.75) is 20.4 Å². The van der Waals surface area contributed by atoms with E-state index >= 15 is 0 Å². The molecule has 0 saturated carbocycles. The molecule has 2 aromatic rings. The normalized spacial score (nSPS) is 17.9. The van der Waals surface area contributed by atoms with Crippen LogP contribution in [0.2, 0.25) is 0 Å². The Morgan fingerprint density at radius 1 is 0.818 bits per heavy atom. The van der Waals surface area contributed by atoms with Gasteiger partial charge >= 0.3 is 0 Å². The lowest BCUT2D eigenvalue weighted by Crippen LogP contribution is -2.54. The summed E-state index contributed by atoms with van der Waals surface area (Å²) in [4.78, 5) is 33.7. The van der Waals surface area contributed by atoms with Gasteiger partial charge in [-0.25, -0.2) is 4.39 Å². The molecule has 0 spiro atoms. The van der Waals surface area contributed by atoms with E-state index in [0.717, 1.165) is 32.7 Å². The molecule has 176 valence electrons. The highest BCUT2D eigenvalue weighted by Gasteiger charge is 2.26. The molecule has 2 aromatic carbocycles. The van der Waals surface area contributed by atoms with Gasteiger partial charge in [0, 0.05) is 64.5 Å². The van der Waals surface area contributed by atoms with Crippen molar-refractivity contribution in [2.75, 3.05) is 58.9 Å². The molecule has 2 saturated heterocycles. The van der Waals surface area contributed by atoms with E-state index in [9.17, 15) is 14.0 Å². The molecular formula is C26H33FN4O2. The van der Waals surface area contributed by atoms with Crippen molar-refractivity contribution in [2.24, 2.45) is 0 Å². The van der Waals surface area contributed by atoms with Gasteiger partial charge in [-0.15, -0.1) is 0 Å². The number of benzene rings is 2. The molecule has 2 aliphatic heterocycles. The van der Waals surface area contributed by atoms with Crippen LogP contribution < -0.4 is 0 Å². The minimum atomic E-state index is -0.357. The maximum absolute atomic E-state index is 13.8. The SMILES string of the molecule is Cc1cccc(CN2CCN(C(=O)CN3CCN(C(=O)c4ccc(C)c(F)c4)CC3)CC2)c1. The average Bonchev–Trinajstić information content (AvgIpc) is 2.81. The molecule has 2 heterocycles. The van der Waals surface area contributed by atoms with Gasteiger partial charge in [0.15, 0.2) is 0 Å². The molecule has 0 N–H and O–H groups in total. The Labute approximate surface area is 195 Å². The Balaban J connectivity index is 1.20. The highest BCUT2D eigenvalue weighted by atomic mass is 19.1. The molecule has 0 radical (unpaired) electrons. The van der Waals surface area contributed by atoms with Crippen LogP contribution in [0.3, 0.4) is 0 Å². The lowest BCUT2D eigenvalue weighted by Gasteiger charge is -2.38. The first-order valence-electron chi connectivity index (χ1n) is 11.7. The first-order valence-corrected chi connectivity index (χ1v) is 11.7. The van der Waals surface area contributed by atoms with E-state index in [0.29, 0.717) is 43.9 Å². The fraction of sp³-hybridized carbons (Fsp3) is 0.462. The van der Waals surface area contributed by atoms with Crippen LogP contribution in [-0.4, -0.2) is 90.3 Å². The van der Waals surface area contributed by atoms with E-state index in [1.54, 1.807) is 24.0 Å². The van der Waals surface area contributed by atoms with E-state index in [2.05, 4.69) is 41.0 Å². The number of hydrogen-bond acceptors (Lipinski definition) is 4. The zero-order valence-electron chi connectivity index (χ0n) is 19.6. The van der Waals surface area contributed by atoms with Crippen molar-refractivity contribution in [3.8, 4) is 0 Å². The van der Waals surface area contributed by atoms with Gasteiger partial charge in [-0.1, -0.05) is 35.9 Å². The second kappa shape index (κ2) is 10.4. The van der Waals surface area contributed by atoms with E-state index in [-0.39, 0.29) is 17.6 Å². The largest absolute Gasteiger partial charge is 0.339 e. The molecule has 2 aliphatic rings. The molecule has 2 fully saturated rings. The van der Waals surface area contributed by atoms with Crippen molar-refractivity contribution < 1.29 is 14.0 Å². The number of amides is 2. The van der Waals surface area contributed by atoms with Crippen LogP contribution in [-0.2, 0) is 11.3 Å². The number of halogens is 1. The van der Waals surface area contributed by atoms with Crippen molar-refractivity contribution in [1.82, 2.24) is 19.6 Å². The Kier molecular flexibility index (Phi) is 7.40. The zero-order valence-corrected chi connectivity index (χ0v) is 19.6. The summed E-state index contributed by atoms with van der Waals surface area (Å²) < 4.78 is 13.8. The van der Waals surface area contributed by atoms with Crippen molar-refractivity contribution in [3.63, 3.8) is 0 Å². The third kappa shape index (κ3) is 5.97. The van der Waals surface area contributed by atoms with Gasteiger partial charge in [0.05, 0.1) is 6.54 Å². The van der Waals surface area contributed by atoms with Gasteiger partial charge in [-0.3, -0.25) is 19.4 Å². The topological polar surface area (TPSA) is 47.1 Å². The molecule has 0 aromatic heterocycles. The summed E-state index contributed by atoms with van der Waals surface area (Å²) in [6.45, 7) is 10.8. The predicted molar refractivity (Wildman–Crippen MR) is 127 cm³/mol. The molecule has 0 atom stereocenters. The van der Waals surface area contributed by atoms with Crippen molar-refractivity contribution in [1.29, 1.82) is 0 Å². The van der Waals surface area contributed by atoms with E-state index in [1.165, 1.54) is 17.2 Å². The second-order valence-electron chi connectivity index (χ2n) is 9.18. The quantitative estimate of drug-likeness (QED) is 0.700. The smallest absolute Gasteiger partial charge is 0.254 e. The molecule has 0 unspecified atom stereocenters. The fourth-order valence-corrected chi connectivity index (χ4v) is 4.53. The monoisotopic (exact) mass is 452 g/mol. The summed E-state index contributed by atoms with van der Waals surface area (Å²) in [6, 6.07) is 13.2. The fourth-order valence-electron chi connectivity index (χ4n) is 4.53.